The normalized spacial score (nSPS) is 33.6. The number of amides is 1. The molecule has 0 aromatic carbocycles. The maximum absolute atomic E-state index is 11.1. The average Bonchev–Trinajstić information content (AvgIpc) is 2.64. The Morgan fingerprint density at radius 3 is 2.82 bits per heavy atom. The number of carbonyl (C=O) groups is 1. The number of nitrogens with one attached hydrogen (secondary N) is 2. The number of carbonyl (C=O) groups excluding carboxylic acids is 1. The van der Waals surface area contributed by atoms with Crippen molar-refractivity contribution < 1.29 is 4.79 Å². The molecule has 2 aliphatic heterocycles. The van der Waals surface area contributed by atoms with Gasteiger partial charge in [0.1, 0.15) is 0 Å². The van der Waals surface area contributed by atoms with Crippen molar-refractivity contribution in [2.24, 2.45) is 5.41 Å². The Morgan fingerprint density at radius 2 is 2.18 bits per heavy atom. The van der Waals surface area contributed by atoms with Crippen molar-refractivity contribution >= 4 is 5.91 Å². The highest BCUT2D eigenvalue weighted by atomic mass is 16.1. The third kappa shape index (κ3) is 2.99. The summed E-state index contributed by atoms with van der Waals surface area (Å²) in [4.78, 5) is 13.6. The van der Waals surface area contributed by atoms with Crippen LogP contribution in [0.5, 0.6) is 0 Å². The maximum atomic E-state index is 11.1. The van der Waals surface area contributed by atoms with Gasteiger partial charge in [-0.25, -0.2) is 0 Å². The molecule has 2 N–H and O–H groups in total. The van der Waals surface area contributed by atoms with Crippen LogP contribution < -0.4 is 10.6 Å². The van der Waals surface area contributed by atoms with E-state index in [1.54, 1.807) is 6.92 Å². The monoisotopic (exact) mass is 239 g/mol. The molecule has 0 radical (unpaired) electrons. The van der Waals surface area contributed by atoms with Gasteiger partial charge in [-0.1, -0.05) is 13.8 Å². The highest BCUT2D eigenvalue weighted by Crippen LogP contribution is 2.31. The molecule has 0 aromatic rings. The maximum Gasteiger partial charge on any atom is 0.217 e. The van der Waals surface area contributed by atoms with Gasteiger partial charge in [-0.05, 0) is 24.8 Å². The van der Waals surface area contributed by atoms with Gasteiger partial charge in [0.25, 0.3) is 0 Å². The molecule has 4 heteroatoms. The summed E-state index contributed by atoms with van der Waals surface area (Å²) in [5.74, 6) is 0.0985. The summed E-state index contributed by atoms with van der Waals surface area (Å²) in [6.07, 6.45) is 2.32. The lowest BCUT2D eigenvalue weighted by Crippen LogP contribution is -2.54. The lowest BCUT2D eigenvalue weighted by Gasteiger charge is -2.44. The van der Waals surface area contributed by atoms with E-state index in [1.807, 2.05) is 0 Å². The van der Waals surface area contributed by atoms with E-state index in [0.717, 1.165) is 32.6 Å². The number of rotatable bonds is 2. The van der Waals surface area contributed by atoms with Gasteiger partial charge in [0, 0.05) is 38.6 Å². The van der Waals surface area contributed by atoms with Crippen molar-refractivity contribution in [3.8, 4) is 0 Å². The molecule has 2 rings (SSSR count). The molecule has 4 nitrogen and oxygen atoms in total. The van der Waals surface area contributed by atoms with Crippen molar-refractivity contribution in [3.63, 3.8) is 0 Å². The van der Waals surface area contributed by atoms with E-state index in [2.05, 4.69) is 29.4 Å². The summed E-state index contributed by atoms with van der Waals surface area (Å²) in [5.41, 5.74) is 0.337. The zero-order valence-corrected chi connectivity index (χ0v) is 11.3. The van der Waals surface area contributed by atoms with Crippen LogP contribution in [-0.2, 0) is 4.79 Å². The minimum Gasteiger partial charge on any atom is -0.352 e. The molecular weight excluding hydrogens is 214 g/mol. The van der Waals surface area contributed by atoms with E-state index >= 15 is 0 Å². The Kier molecular flexibility index (Phi) is 3.73. The standard InChI is InChI=1S/C13H25N3O/c1-10(17)15-11-5-7-16(8-11)12-4-6-14-9-13(12,2)3/h11-12,14H,4-9H2,1-3H3,(H,15,17). The van der Waals surface area contributed by atoms with E-state index in [-0.39, 0.29) is 5.91 Å². The summed E-state index contributed by atoms with van der Waals surface area (Å²) in [7, 11) is 0. The van der Waals surface area contributed by atoms with E-state index in [0.29, 0.717) is 17.5 Å². The lowest BCUT2D eigenvalue weighted by atomic mass is 9.79. The predicted molar refractivity (Wildman–Crippen MR) is 68.9 cm³/mol. The van der Waals surface area contributed by atoms with Crippen molar-refractivity contribution in [1.82, 2.24) is 15.5 Å². The van der Waals surface area contributed by atoms with Crippen LogP contribution in [-0.4, -0.2) is 49.1 Å². The predicted octanol–water partition coefficient (Wildman–Crippen LogP) is 0.585. The minimum absolute atomic E-state index is 0.0985. The molecule has 0 bridgehead atoms. The fourth-order valence-electron chi connectivity index (χ4n) is 3.31. The first-order valence-corrected chi connectivity index (χ1v) is 6.71. The number of piperidine rings is 1. The van der Waals surface area contributed by atoms with E-state index < -0.39 is 0 Å². The van der Waals surface area contributed by atoms with Crippen LogP contribution >= 0.6 is 0 Å². The van der Waals surface area contributed by atoms with Crippen LogP contribution in [0.4, 0.5) is 0 Å². The van der Waals surface area contributed by atoms with Gasteiger partial charge >= 0.3 is 0 Å². The van der Waals surface area contributed by atoms with E-state index in [9.17, 15) is 4.79 Å². The van der Waals surface area contributed by atoms with Crippen molar-refractivity contribution in [3.05, 3.63) is 0 Å². The molecule has 17 heavy (non-hydrogen) atoms. The molecule has 0 aromatic heterocycles. The molecule has 1 amide bonds. The Bertz CT molecular complexity index is 290. The molecule has 2 heterocycles. The number of hydrogen-bond acceptors (Lipinski definition) is 3. The molecule has 98 valence electrons. The quantitative estimate of drug-likeness (QED) is 0.741. The zero-order valence-electron chi connectivity index (χ0n) is 11.3. The average molecular weight is 239 g/mol. The Hall–Kier alpha value is -0.610. The third-order valence-corrected chi connectivity index (χ3v) is 4.15. The highest BCUT2D eigenvalue weighted by molar-refractivity contribution is 5.73. The van der Waals surface area contributed by atoms with Crippen LogP contribution in [0.25, 0.3) is 0 Å². The molecule has 0 saturated carbocycles. The second-order valence-electron chi connectivity index (χ2n) is 6.15. The molecule has 2 atom stereocenters. The number of likely N-dealkylation sites (tertiary alicyclic amines) is 1. The summed E-state index contributed by atoms with van der Waals surface area (Å²) < 4.78 is 0. The Labute approximate surface area is 104 Å². The topological polar surface area (TPSA) is 44.4 Å². The van der Waals surface area contributed by atoms with Crippen molar-refractivity contribution in [2.45, 2.75) is 45.7 Å². The molecule has 2 saturated heterocycles. The minimum atomic E-state index is 0.0985. The van der Waals surface area contributed by atoms with E-state index in [4.69, 9.17) is 0 Å². The van der Waals surface area contributed by atoms with Crippen LogP contribution in [0.1, 0.15) is 33.6 Å². The summed E-state index contributed by atoms with van der Waals surface area (Å²) in [6, 6.07) is 1.01. The van der Waals surface area contributed by atoms with Gasteiger partial charge in [-0.15, -0.1) is 0 Å². The SMILES string of the molecule is CC(=O)NC1CCN(C2CCNCC2(C)C)C1. The van der Waals surface area contributed by atoms with Gasteiger partial charge in [-0.3, -0.25) is 9.69 Å². The third-order valence-electron chi connectivity index (χ3n) is 4.15. The van der Waals surface area contributed by atoms with Gasteiger partial charge in [0.15, 0.2) is 0 Å². The van der Waals surface area contributed by atoms with Gasteiger partial charge in [-0.2, -0.15) is 0 Å². The summed E-state index contributed by atoms with van der Waals surface area (Å²) in [5, 5.41) is 6.52. The van der Waals surface area contributed by atoms with Crippen LogP contribution in [0.2, 0.25) is 0 Å². The largest absolute Gasteiger partial charge is 0.352 e. The lowest BCUT2D eigenvalue weighted by molar-refractivity contribution is -0.119. The smallest absolute Gasteiger partial charge is 0.217 e. The van der Waals surface area contributed by atoms with E-state index in [1.165, 1.54) is 6.42 Å². The zero-order chi connectivity index (χ0) is 12.5. The Morgan fingerprint density at radius 1 is 1.41 bits per heavy atom. The first kappa shape index (κ1) is 12.8. The molecular formula is C13H25N3O. The van der Waals surface area contributed by atoms with Crippen LogP contribution in [0.15, 0.2) is 0 Å². The molecule has 0 spiro atoms. The van der Waals surface area contributed by atoms with Gasteiger partial charge in [0.05, 0.1) is 0 Å². The van der Waals surface area contributed by atoms with Gasteiger partial charge in [0.2, 0.25) is 5.91 Å². The van der Waals surface area contributed by atoms with Crippen molar-refractivity contribution in [1.29, 1.82) is 0 Å². The second-order valence-corrected chi connectivity index (χ2v) is 6.15. The fourth-order valence-corrected chi connectivity index (χ4v) is 3.31. The molecule has 2 aliphatic rings. The Balaban J connectivity index is 1.93. The molecule has 2 fully saturated rings. The van der Waals surface area contributed by atoms with Crippen LogP contribution in [0.3, 0.4) is 0 Å². The molecule has 2 unspecified atom stereocenters. The second kappa shape index (κ2) is 4.94. The number of nitrogens with zero attached hydrogens (tertiary/aromatic N) is 1. The number of hydrogen-bond donors (Lipinski definition) is 2. The summed E-state index contributed by atoms with van der Waals surface area (Å²) >= 11 is 0. The summed E-state index contributed by atoms with van der Waals surface area (Å²) in [6.45, 7) is 10.7. The fraction of sp³-hybridized carbons (Fsp3) is 0.923. The highest BCUT2D eigenvalue weighted by Gasteiger charge is 2.39. The first-order valence-electron chi connectivity index (χ1n) is 6.71. The first-order chi connectivity index (χ1) is 7.99. The van der Waals surface area contributed by atoms with Crippen molar-refractivity contribution in [2.75, 3.05) is 26.2 Å². The molecule has 0 aliphatic carbocycles. The van der Waals surface area contributed by atoms with Gasteiger partial charge < -0.3 is 10.6 Å². The van der Waals surface area contributed by atoms with Crippen LogP contribution in [0, 0.1) is 5.41 Å².